The van der Waals surface area contributed by atoms with Gasteiger partial charge in [0.15, 0.2) is 0 Å². The maximum atomic E-state index is 11.4. The lowest BCUT2D eigenvalue weighted by molar-refractivity contribution is 0.627. The predicted molar refractivity (Wildman–Crippen MR) is 49.2 cm³/mol. The van der Waals surface area contributed by atoms with E-state index in [1.54, 1.807) is 21.4 Å². The highest BCUT2D eigenvalue weighted by molar-refractivity contribution is 4.84. The van der Waals surface area contributed by atoms with Crippen LogP contribution in [0.4, 0.5) is 0 Å². The monoisotopic (exact) mass is 166 g/mol. The van der Waals surface area contributed by atoms with Crippen LogP contribution < -0.4 is 5.69 Å². The van der Waals surface area contributed by atoms with Gasteiger partial charge in [-0.3, -0.25) is 9.13 Å². The largest absolute Gasteiger partial charge is 0.328 e. The average Bonchev–Trinajstić information content (AvgIpc) is 2.38. The van der Waals surface area contributed by atoms with E-state index in [4.69, 9.17) is 0 Å². The molecule has 66 valence electrons. The standard InChI is InChI=1S/C9H14N2O/c1-3-5-10-7-8-11(6-4-2)9(10)12/h3,7-8H,1,4-6H2,2H3. The first kappa shape index (κ1) is 8.84. The molecule has 0 aliphatic carbocycles. The molecule has 0 aliphatic rings. The second-order valence-electron chi connectivity index (χ2n) is 2.72. The fourth-order valence-corrected chi connectivity index (χ4v) is 1.14. The third-order valence-electron chi connectivity index (χ3n) is 1.71. The van der Waals surface area contributed by atoms with E-state index in [9.17, 15) is 4.79 Å². The molecular formula is C9H14N2O. The highest BCUT2D eigenvalue weighted by atomic mass is 16.1. The molecule has 0 radical (unpaired) electrons. The minimum absolute atomic E-state index is 0.0525. The van der Waals surface area contributed by atoms with Gasteiger partial charge in [0, 0.05) is 25.5 Å². The fraction of sp³-hybridized carbons (Fsp3) is 0.444. The maximum absolute atomic E-state index is 11.4. The third-order valence-corrected chi connectivity index (χ3v) is 1.71. The molecule has 0 unspecified atom stereocenters. The normalized spacial score (nSPS) is 10.1. The molecule has 0 bridgehead atoms. The lowest BCUT2D eigenvalue weighted by Crippen LogP contribution is -2.23. The smallest absolute Gasteiger partial charge is 0.299 e. The Bertz CT molecular complexity index is 309. The maximum Gasteiger partial charge on any atom is 0.328 e. The Hall–Kier alpha value is -1.25. The summed E-state index contributed by atoms with van der Waals surface area (Å²) in [7, 11) is 0. The molecule has 1 heterocycles. The van der Waals surface area contributed by atoms with Gasteiger partial charge in [0.1, 0.15) is 0 Å². The van der Waals surface area contributed by atoms with E-state index in [-0.39, 0.29) is 5.69 Å². The molecule has 1 aromatic rings. The highest BCUT2D eigenvalue weighted by Crippen LogP contribution is 1.88. The number of imidazole rings is 1. The van der Waals surface area contributed by atoms with Crippen LogP contribution in [0.3, 0.4) is 0 Å². The third kappa shape index (κ3) is 1.67. The van der Waals surface area contributed by atoms with Crippen molar-refractivity contribution < 1.29 is 0 Å². The molecule has 0 saturated carbocycles. The second kappa shape index (κ2) is 3.95. The first-order valence-corrected chi connectivity index (χ1v) is 4.16. The van der Waals surface area contributed by atoms with Crippen LogP contribution in [0.15, 0.2) is 29.8 Å². The molecule has 0 atom stereocenters. The van der Waals surface area contributed by atoms with Gasteiger partial charge in [0.2, 0.25) is 0 Å². The zero-order valence-electron chi connectivity index (χ0n) is 7.36. The van der Waals surface area contributed by atoms with E-state index in [0.29, 0.717) is 6.54 Å². The number of hydrogen-bond donors (Lipinski definition) is 0. The van der Waals surface area contributed by atoms with Crippen LogP contribution in [0, 0.1) is 0 Å². The van der Waals surface area contributed by atoms with Gasteiger partial charge in [-0.2, -0.15) is 0 Å². The summed E-state index contributed by atoms with van der Waals surface area (Å²) in [5.41, 5.74) is 0.0525. The van der Waals surface area contributed by atoms with Gasteiger partial charge < -0.3 is 0 Å². The summed E-state index contributed by atoms with van der Waals surface area (Å²) in [5.74, 6) is 0. The molecule has 3 nitrogen and oxygen atoms in total. The summed E-state index contributed by atoms with van der Waals surface area (Å²) in [6.45, 7) is 7.02. The van der Waals surface area contributed by atoms with Gasteiger partial charge in [0.05, 0.1) is 0 Å². The van der Waals surface area contributed by atoms with Crippen molar-refractivity contribution in [1.82, 2.24) is 9.13 Å². The van der Waals surface area contributed by atoms with Crippen LogP contribution in [0.25, 0.3) is 0 Å². The lowest BCUT2D eigenvalue weighted by Gasteiger charge is -1.96. The van der Waals surface area contributed by atoms with Gasteiger partial charge in [-0.1, -0.05) is 13.0 Å². The number of aromatic nitrogens is 2. The summed E-state index contributed by atoms with van der Waals surface area (Å²) in [6.07, 6.45) is 6.31. The lowest BCUT2D eigenvalue weighted by atomic mass is 10.5. The number of rotatable bonds is 4. The molecule has 12 heavy (non-hydrogen) atoms. The van der Waals surface area contributed by atoms with Crippen LogP contribution in [-0.4, -0.2) is 9.13 Å². The Kier molecular flexibility index (Phi) is 2.91. The van der Waals surface area contributed by atoms with Crippen molar-refractivity contribution in [3.8, 4) is 0 Å². The molecule has 0 aliphatic heterocycles. The van der Waals surface area contributed by atoms with Crippen LogP contribution in [0.5, 0.6) is 0 Å². The Morgan fingerprint density at radius 3 is 2.75 bits per heavy atom. The Morgan fingerprint density at radius 1 is 1.50 bits per heavy atom. The minimum atomic E-state index is 0.0525. The van der Waals surface area contributed by atoms with Crippen LogP contribution in [0.2, 0.25) is 0 Å². The van der Waals surface area contributed by atoms with Crippen molar-refractivity contribution in [2.24, 2.45) is 0 Å². The Balaban J connectivity index is 2.88. The average molecular weight is 166 g/mol. The van der Waals surface area contributed by atoms with Crippen molar-refractivity contribution in [2.45, 2.75) is 26.4 Å². The van der Waals surface area contributed by atoms with E-state index in [2.05, 4.69) is 13.5 Å². The molecule has 1 rings (SSSR count). The number of aryl methyl sites for hydroxylation is 1. The van der Waals surface area contributed by atoms with Crippen molar-refractivity contribution in [2.75, 3.05) is 0 Å². The topological polar surface area (TPSA) is 26.9 Å². The summed E-state index contributed by atoms with van der Waals surface area (Å²) in [4.78, 5) is 11.4. The van der Waals surface area contributed by atoms with E-state index in [1.807, 2.05) is 6.20 Å². The highest BCUT2D eigenvalue weighted by Gasteiger charge is 1.98. The van der Waals surface area contributed by atoms with Crippen LogP contribution in [0.1, 0.15) is 13.3 Å². The van der Waals surface area contributed by atoms with E-state index >= 15 is 0 Å². The molecule has 1 aromatic heterocycles. The minimum Gasteiger partial charge on any atom is -0.299 e. The van der Waals surface area contributed by atoms with E-state index < -0.39 is 0 Å². The Morgan fingerprint density at radius 2 is 2.17 bits per heavy atom. The molecule has 0 spiro atoms. The predicted octanol–water partition coefficient (Wildman–Crippen LogP) is 1.25. The molecule has 0 fully saturated rings. The van der Waals surface area contributed by atoms with E-state index in [0.717, 1.165) is 13.0 Å². The Labute approximate surface area is 71.9 Å². The van der Waals surface area contributed by atoms with Gasteiger partial charge in [0.25, 0.3) is 0 Å². The molecule has 0 aromatic carbocycles. The fourth-order valence-electron chi connectivity index (χ4n) is 1.14. The van der Waals surface area contributed by atoms with Crippen molar-refractivity contribution in [3.63, 3.8) is 0 Å². The first-order chi connectivity index (χ1) is 5.79. The summed E-state index contributed by atoms with van der Waals surface area (Å²) < 4.78 is 3.35. The van der Waals surface area contributed by atoms with Crippen LogP contribution in [-0.2, 0) is 13.1 Å². The van der Waals surface area contributed by atoms with Crippen molar-refractivity contribution >= 4 is 0 Å². The summed E-state index contributed by atoms with van der Waals surface area (Å²) in [6, 6.07) is 0. The molecule has 0 saturated heterocycles. The zero-order valence-corrected chi connectivity index (χ0v) is 7.36. The summed E-state index contributed by atoms with van der Waals surface area (Å²) in [5, 5.41) is 0. The van der Waals surface area contributed by atoms with Gasteiger partial charge in [-0.15, -0.1) is 6.58 Å². The van der Waals surface area contributed by atoms with Gasteiger partial charge >= 0.3 is 5.69 Å². The van der Waals surface area contributed by atoms with Crippen LogP contribution >= 0.6 is 0 Å². The SMILES string of the molecule is C=CCn1ccn(CCC)c1=O. The quantitative estimate of drug-likeness (QED) is 0.618. The molecule has 0 amide bonds. The number of hydrogen-bond acceptors (Lipinski definition) is 1. The first-order valence-electron chi connectivity index (χ1n) is 4.16. The zero-order chi connectivity index (χ0) is 8.97. The molecule has 3 heteroatoms. The molecule has 0 N–H and O–H groups in total. The molecular weight excluding hydrogens is 152 g/mol. The van der Waals surface area contributed by atoms with Crippen molar-refractivity contribution in [1.29, 1.82) is 0 Å². The van der Waals surface area contributed by atoms with Crippen molar-refractivity contribution in [3.05, 3.63) is 35.5 Å². The van der Waals surface area contributed by atoms with E-state index in [1.165, 1.54) is 0 Å². The van der Waals surface area contributed by atoms with Gasteiger partial charge in [-0.25, -0.2) is 4.79 Å². The second-order valence-corrected chi connectivity index (χ2v) is 2.72. The number of allylic oxidation sites excluding steroid dienone is 1. The van der Waals surface area contributed by atoms with Gasteiger partial charge in [-0.05, 0) is 6.42 Å². The number of nitrogens with zero attached hydrogens (tertiary/aromatic N) is 2. The summed E-state index contributed by atoms with van der Waals surface area (Å²) >= 11 is 0.